The van der Waals surface area contributed by atoms with E-state index < -0.39 is 5.97 Å². The van der Waals surface area contributed by atoms with Crippen LogP contribution < -0.4 is 10.2 Å². The summed E-state index contributed by atoms with van der Waals surface area (Å²) in [5.74, 6) is -0.511. The van der Waals surface area contributed by atoms with Crippen LogP contribution in [0.3, 0.4) is 0 Å². The molecule has 3 rings (SSSR count). The Morgan fingerprint density at radius 1 is 1.00 bits per heavy atom. The van der Waals surface area contributed by atoms with Crippen molar-refractivity contribution in [3.05, 3.63) is 100 Å². The van der Waals surface area contributed by atoms with Gasteiger partial charge in [-0.05, 0) is 48.9 Å². The molecule has 28 heavy (non-hydrogen) atoms. The lowest BCUT2D eigenvalue weighted by Crippen LogP contribution is -2.17. The van der Waals surface area contributed by atoms with Gasteiger partial charge >= 0.3 is 5.97 Å². The summed E-state index contributed by atoms with van der Waals surface area (Å²) in [6.45, 7) is 1.95. The van der Waals surface area contributed by atoms with Crippen LogP contribution in [0.4, 0.5) is 0 Å². The quantitative estimate of drug-likeness (QED) is 0.298. The number of esters is 1. The number of ether oxygens (including phenoxy) is 1. The van der Waals surface area contributed by atoms with Gasteiger partial charge in [-0.3, -0.25) is 4.79 Å². The molecule has 1 amide bonds. The summed E-state index contributed by atoms with van der Waals surface area (Å²) in [7, 11) is 0. The molecule has 0 saturated carbocycles. The fraction of sp³-hybridized carbons (Fsp3) is 0.0455. The number of rotatable bonds is 5. The van der Waals surface area contributed by atoms with Gasteiger partial charge in [0.15, 0.2) is 0 Å². The average molecular weight is 393 g/mol. The number of hydrogen-bond acceptors (Lipinski definition) is 4. The minimum absolute atomic E-state index is 0.286. The molecule has 3 aromatic carbocycles. The van der Waals surface area contributed by atoms with Crippen molar-refractivity contribution in [3.8, 4) is 5.75 Å². The summed E-state index contributed by atoms with van der Waals surface area (Å²) < 4.78 is 5.36. The van der Waals surface area contributed by atoms with Gasteiger partial charge in [-0.1, -0.05) is 53.6 Å². The van der Waals surface area contributed by atoms with Gasteiger partial charge in [-0.2, -0.15) is 5.10 Å². The standard InChI is InChI=1S/C22H17ClN2O3/c1-15-9-11-17(12-10-15)21(26)25-24-14-16-5-4-6-18(13-16)28-22(27)19-7-2-3-8-20(19)23/h2-14H,1H3,(H,25,26). The molecule has 5 nitrogen and oxygen atoms in total. The number of halogens is 1. The monoisotopic (exact) mass is 392 g/mol. The summed E-state index contributed by atoms with van der Waals surface area (Å²) in [5.41, 5.74) is 5.00. The zero-order valence-electron chi connectivity index (χ0n) is 15.1. The van der Waals surface area contributed by atoms with Crippen molar-refractivity contribution >= 4 is 29.7 Å². The van der Waals surface area contributed by atoms with Crippen LogP contribution in [0.2, 0.25) is 5.02 Å². The summed E-state index contributed by atoms with van der Waals surface area (Å²) in [6.07, 6.45) is 1.47. The van der Waals surface area contributed by atoms with Crippen LogP contribution in [0.25, 0.3) is 0 Å². The highest BCUT2D eigenvalue weighted by molar-refractivity contribution is 6.33. The molecule has 0 aliphatic heterocycles. The summed E-state index contributed by atoms with van der Waals surface area (Å²) in [4.78, 5) is 24.3. The lowest BCUT2D eigenvalue weighted by molar-refractivity contribution is 0.0734. The van der Waals surface area contributed by atoms with Crippen molar-refractivity contribution < 1.29 is 14.3 Å². The zero-order valence-corrected chi connectivity index (χ0v) is 15.8. The van der Waals surface area contributed by atoms with E-state index in [0.717, 1.165) is 5.56 Å². The first-order valence-corrected chi connectivity index (χ1v) is 8.87. The molecule has 0 fully saturated rings. The van der Waals surface area contributed by atoms with Crippen LogP contribution in [0.5, 0.6) is 5.75 Å². The number of benzene rings is 3. The maximum absolute atomic E-state index is 12.2. The van der Waals surface area contributed by atoms with E-state index in [9.17, 15) is 9.59 Å². The van der Waals surface area contributed by atoms with E-state index in [0.29, 0.717) is 21.9 Å². The van der Waals surface area contributed by atoms with Crippen LogP contribution >= 0.6 is 11.6 Å². The number of carbonyl (C=O) groups is 2. The molecule has 0 bridgehead atoms. The smallest absolute Gasteiger partial charge is 0.345 e. The first-order chi connectivity index (χ1) is 13.5. The molecule has 140 valence electrons. The molecule has 0 radical (unpaired) electrons. The fourth-order valence-corrected chi connectivity index (χ4v) is 2.59. The predicted octanol–water partition coefficient (Wildman–Crippen LogP) is 4.63. The van der Waals surface area contributed by atoms with Crippen LogP contribution in [-0.2, 0) is 0 Å². The lowest BCUT2D eigenvalue weighted by Gasteiger charge is -2.06. The van der Waals surface area contributed by atoms with E-state index in [2.05, 4.69) is 10.5 Å². The Kier molecular flexibility index (Phi) is 6.19. The van der Waals surface area contributed by atoms with Gasteiger partial charge in [0.05, 0.1) is 16.8 Å². The summed E-state index contributed by atoms with van der Waals surface area (Å²) in [6, 6.07) is 20.6. The molecular weight excluding hydrogens is 376 g/mol. The Balaban J connectivity index is 1.63. The third kappa shape index (κ3) is 5.05. The maximum Gasteiger partial charge on any atom is 0.345 e. The highest BCUT2D eigenvalue weighted by Crippen LogP contribution is 2.19. The van der Waals surface area contributed by atoms with Crippen LogP contribution in [0, 0.1) is 6.92 Å². The van der Waals surface area contributed by atoms with Gasteiger partial charge in [-0.25, -0.2) is 10.2 Å². The Labute approximate surface area is 167 Å². The summed E-state index contributed by atoms with van der Waals surface area (Å²) >= 11 is 6.01. The highest BCUT2D eigenvalue weighted by Gasteiger charge is 2.12. The van der Waals surface area contributed by atoms with E-state index in [1.807, 2.05) is 19.1 Å². The van der Waals surface area contributed by atoms with Gasteiger partial charge in [-0.15, -0.1) is 0 Å². The Bertz CT molecular complexity index is 1030. The third-order valence-corrected chi connectivity index (χ3v) is 4.19. The van der Waals surface area contributed by atoms with E-state index in [1.54, 1.807) is 60.7 Å². The van der Waals surface area contributed by atoms with Crippen molar-refractivity contribution in [2.24, 2.45) is 5.10 Å². The molecule has 0 saturated heterocycles. The van der Waals surface area contributed by atoms with Gasteiger partial charge < -0.3 is 4.74 Å². The van der Waals surface area contributed by atoms with Crippen LogP contribution in [-0.4, -0.2) is 18.1 Å². The lowest BCUT2D eigenvalue weighted by atomic mass is 10.1. The Morgan fingerprint density at radius 3 is 2.50 bits per heavy atom. The zero-order chi connectivity index (χ0) is 19.9. The number of carbonyl (C=O) groups excluding carboxylic acids is 2. The molecular formula is C22H17ClN2O3. The van der Waals surface area contributed by atoms with Gasteiger partial charge in [0, 0.05) is 5.56 Å². The van der Waals surface area contributed by atoms with Crippen molar-refractivity contribution in [1.29, 1.82) is 0 Å². The molecule has 0 aliphatic rings. The first-order valence-electron chi connectivity index (χ1n) is 8.50. The van der Waals surface area contributed by atoms with E-state index in [1.165, 1.54) is 6.21 Å². The molecule has 0 spiro atoms. The molecule has 6 heteroatoms. The van der Waals surface area contributed by atoms with Gasteiger partial charge in [0.25, 0.3) is 5.91 Å². The van der Waals surface area contributed by atoms with Crippen molar-refractivity contribution in [2.75, 3.05) is 0 Å². The highest BCUT2D eigenvalue weighted by atomic mass is 35.5. The van der Waals surface area contributed by atoms with E-state index >= 15 is 0 Å². The van der Waals surface area contributed by atoms with Gasteiger partial charge in [0.1, 0.15) is 5.75 Å². The number of hydrogen-bond donors (Lipinski definition) is 1. The minimum Gasteiger partial charge on any atom is -0.423 e. The second kappa shape index (κ2) is 8.97. The molecule has 0 unspecified atom stereocenters. The van der Waals surface area contributed by atoms with Crippen molar-refractivity contribution in [2.45, 2.75) is 6.92 Å². The SMILES string of the molecule is Cc1ccc(C(=O)NN=Cc2cccc(OC(=O)c3ccccc3Cl)c2)cc1. The van der Waals surface area contributed by atoms with Crippen molar-refractivity contribution in [1.82, 2.24) is 5.43 Å². The molecule has 0 aromatic heterocycles. The second-order valence-electron chi connectivity index (χ2n) is 6.01. The van der Waals surface area contributed by atoms with Crippen LogP contribution in [0.15, 0.2) is 77.9 Å². The average Bonchev–Trinajstić information content (AvgIpc) is 2.69. The first kappa shape index (κ1) is 19.3. The molecule has 0 atom stereocenters. The minimum atomic E-state index is -0.549. The van der Waals surface area contributed by atoms with Crippen molar-refractivity contribution in [3.63, 3.8) is 0 Å². The van der Waals surface area contributed by atoms with Crippen LogP contribution in [0.1, 0.15) is 31.8 Å². The Morgan fingerprint density at radius 2 is 1.75 bits per heavy atom. The van der Waals surface area contributed by atoms with E-state index in [4.69, 9.17) is 16.3 Å². The number of amides is 1. The number of hydrazone groups is 1. The van der Waals surface area contributed by atoms with E-state index in [-0.39, 0.29) is 11.5 Å². The molecule has 1 N–H and O–H groups in total. The van der Waals surface area contributed by atoms with Gasteiger partial charge in [0.2, 0.25) is 0 Å². The second-order valence-corrected chi connectivity index (χ2v) is 6.41. The largest absolute Gasteiger partial charge is 0.423 e. The number of nitrogens with one attached hydrogen (secondary N) is 1. The number of aryl methyl sites for hydroxylation is 1. The Hall–Kier alpha value is -3.44. The molecule has 3 aromatic rings. The summed E-state index contributed by atoms with van der Waals surface area (Å²) in [5, 5.41) is 4.27. The normalized spacial score (nSPS) is 10.6. The predicted molar refractivity (Wildman–Crippen MR) is 109 cm³/mol. The fourth-order valence-electron chi connectivity index (χ4n) is 2.38. The maximum atomic E-state index is 12.2. The third-order valence-electron chi connectivity index (χ3n) is 3.86. The molecule has 0 heterocycles. The number of nitrogens with zero attached hydrogens (tertiary/aromatic N) is 1. The molecule has 0 aliphatic carbocycles. The topological polar surface area (TPSA) is 67.8 Å².